The molecule has 1 unspecified atom stereocenters. The number of rotatable bonds is 4. The first kappa shape index (κ1) is 10.6. The van der Waals surface area contributed by atoms with Gasteiger partial charge in [0.1, 0.15) is 0 Å². The molecule has 14 heavy (non-hydrogen) atoms. The van der Waals surface area contributed by atoms with Crippen LogP contribution in [0.4, 0.5) is 0 Å². The van der Waals surface area contributed by atoms with Crippen molar-refractivity contribution in [1.82, 2.24) is 4.90 Å². The SMILES string of the molecule is O=C(O)CC(O)CN1C(=O)CCC1=O. The third-order valence-electron chi connectivity index (χ3n) is 1.96. The number of β-amino-alcohol motifs (C(OH)–C–C–N with tert-alkyl or cyclic N) is 1. The zero-order valence-electron chi connectivity index (χ0n) is 7.47. The molecule has 0 aromatic rings. The fourth-order valence-electron chi connectivity index (χ4n) is 1.30. The van der Waals surface area contributed by atoms with E-state index in [-0.39, 0.29) is 31.2 Å². The zero-order valence-corrected chi connectivity index (χ0v) is 7.47. The molecule has 1 saturated heterocycles. The molecule has 6 heteroatoms. The lowest BCUT2D eigenvalue weighted by Gasteiger charge is -2.16. The van der Waals surface area contributed by atoms with Crippen LogP contribution in [0.5, 0.6) is 0 Å². The Morgan fingerprint density at radius 1 is 1.36 bits per heavy atom. The van der Waals surface area contributed by atoms with E-state index in [2.05, 4.69) is 0 Å². The predicted octanol–water partition coefficient (Wildman–Crippen LogP) is -1.03. The summed E-state index contributed by atoms with van der Waals surface area (Å²) in [5.41, 5.74) is 0. The third-order valence-corrected chi connectivity index (χ3v) is 1.96. The van der Waals surface area contributed by atoms with E-state index < -0.39 is 18.5 Å². The van der Waals surface area contributed by atoms with Crippen molar-refractivity contribution >= 4 is 17.8 Å². The average Bonchev–Trinajstić information content (AvgIpc) is 2.34. The molecule has 0 aromatic heterocycles. The quantitative estimate of drug-likeness (QED) is 0.567. The lowest BCUT2D eigenvalue weighted by Crippen LogP contribution is -2.37. The number of hydrogen-bond acceptors (Lipinski definition) is 4. The smallest absolute Gasteiger partial charge is 0.306 e. The number of carbonyl (C=O) groups is 3. The number of aliphatic carboxylic acids is 1. The largest absolute Gasteiger partial charge is 0.481 e. The predicted molar refractivity (Wildman–Crippen MR) is 44.2 cm³/mol. The Morgan fingerprint density at radius 3 is 2.29 bits per heavy atom. The van der Waals surface area contributed by atoms with Crippen molar-refractivity contribution in [2.24, 2.45) is 0 Å². The van der Waals surface area contributed by atoms with Gasteiger partial charge in [0.05, 0.1) is 19.1 Å². The van der Waals surface area contributed by atoms with Gasteiger partial charge in [-0.05, 0) is 0 Å². The minimum atomic E-state index is -1.18. The number of hydrogen-bond donors (Lipinski definition) is 2. The molecule has 0 spiro atoms. The van der Waals surface area contributed by atoms with Gasteiger partial charge in [0.25, 0.3) is 0 Å². The molecule has 78 valence electrons. The fourth-order valence-corrected chi connectivity index (χ4v) is 1.30. The number of carboxylic acids is 1. The maximum absolute atomic E-state index is 11.1. The molecular weight excluding hydrogens is 190 g/mol. The van der Waals surface area contributed by atoms with E-state index in [1.165, 1.54) is 0 Å². The standard InChI is InChI=1S/C8H11NO5/c10-5(3-8(13)14)4-9-6(11)1-2-7(9)12/h5,10H,1-4H2,(H,13,14). The Hall–Kier alpha value is -1.43. The molecule has 1 aliphatic heterocycles. The van der Waals surface area contributed by atoms with Gasteiger partial charge < -0.3 is 10.2 Å². The fraction of sp³-hybridized carbons (Fsp3) is 0.625. The van der Waals surface area contributed by atoms with E-state index in [4.69, 9.17) is 5.11 Å². The summed E-state index contributed by atoms with van der Waals surface area (Å²) in [6, 6.07) is 0. The second-order valence-electron chi connectivity index (χ2n) is 3.15. The first-order valence-electron chi connectivity index (χ1n) is 4.23. The second kappa shape index (κ2) is 4.19. The lowest BCUT2D eigenvalue weighted by atomic mass is 10.2. The Kier molecular flexibility index (Phi) is 3.19. The number of carbonyl (C=O) groups excluding carboxylic acids is 2. The number of likely N-dealkylation sites (tertiary alicyclic amines) is 1. The van der Waals surface area contributed by atoms with Gasteiger partial charge in [0, 0.05) is 12.8 Å². The number of amides is 2. The molecular formula is C8H11NO5. The third kappa shape index (κ3) is 2.53. The van der Waals surface area contributed by atoms with Gasteiger partial charge in [0.15, 0.2) is 0 Å². The van der Waals surface area contributed by atoms with Gasteiger partial charge in [-0.3, -0.25) is 19.3 Å². The summed E-state index contributed by atoms with van der Waals surface area (Å²) in [5.74, 6) is -1.85. The summed E-state index contributed by atoms with van der Waals surface area (Å²) < 4.78 is 0. The number of nitrogens with zero attached hydrogens (tertiary/aromatic N) is 1. The maximum atomic E-state index is 11.1. The van der Waals surface area contributed by atoms with Gasteiger partial charge in [-0.1, -0.05) is 0 Å². The number of imide groups is 1. The van der Waals surface area contributed by atoms with Gasteiger partial charge in [0.2, 0.25) is 11.8 Å². The minimum absolute atomic E-state index is 0.151. The first-order valence-corrected chi connectivity index (χ1v) is 4.23. The van der Waals surface area contributed by atoms with Crippen LogP contribution in [0, 0.1) is 0 Å². The van der Waals surface area contributed by atoms with E-state index >= 15 is 0 Å². The van der Waals surface area contributed by atoms with Crippen LogP contribution in [0.1, 0.15) is 19.3 Å². The van der Waals surface area contributed by atoms with Crippen molar-refractivity contribution in [3.05, 3.63) is 0 Å². The minimum Gasteiger partial charge on any atom is -0.481 e. The van der Waals surface area contributed by atoms with Gasteiger partial charge in [-0.15, -0.1) is 0 Å². The number of aliphatic hydroxyl groups is 1. The highest BCUT2D eigenvalue weighted by Crippen LogP contribution is 2.12. The van der Waals surface area contributed by atoms with Crippen LogP contribution in [0.25, 0.3) is 0 Å². The summed E-state index contributed by atoms with van der Waals surface area (Å²) in [5, 5.41) is 17.5. The van der Waals surface area contributed by atoms with Crippen molar-refractivity contribution in [3.63, 3.8) is 0 Å². The van der Waals surface area contributed by atoms with Crippen molar-refractivity contribution in [1.29, 1.82) is 0 Å². The van der Waals surface area contributed by atoms with Gasteiger partial charge >= 0.3 is 5.97 Å². The van der Waals surface area contributed by atoms with E-state index in [9.17, 15) is 19.5 Å². The van der Waals surface area contributed by atoms with Gasteiger partial charge in [-0.2, -0.15) is 0 Å². The van der Waals surface area contributed by atoms with Crippen molar-refractivity contribution in [2.75, 3.05) is 6.54 Å². The molecule has 1 aliphatic rings. The maximum Gasteiger partial charge on any atom is 0.306 e. The Balaban J connectivity index is 2.46. The van der Waals surface area contributed by atoms with Crippen LogP contribution in [0.2, 0.25) is 0 Å². The highest BCUT2D eigenvalue weighted by Gasteiger charge is 2.30. The highest BCUT2D eigenvalue weighted by atomic mass is 16.4. The zero-order chi connectivity index (χ0) is 10.7. The molecule has 1 fully saturated rings. The normalized spacial score (nSPS) is 18.8. The Labute approximate surface area is 80.1 Å². The summed E-state index contributed by atoms with van der Waals surface area (Å²) in [6.07, 6.45) is -1.34. The van der Waals surface area contributed by atoms with Crippen molar-refractivity contribution < 1.29 is 24.6 Å². The summed E-state index contributed by atoms with van der Waals surface area (Å²) >= 11 is 0. The van der Waals surface area contributed by atoms with Crippen molar-refractivity contribution in [3.8, 4) is 0 Å². The van der Waals surface area contributed by atoms with Crippen LogP contribution >= 0.6 is 0 Å². The molecule has 2 amide bonds. The molecule has 0 radical (unpaired) electrons. The molecule has 0 bridgehead atoms. The average molecular weight is 201 g/mol. The van der Waals surface area contributed by atoms with Crippen LogP contribution in [0.3, 0.4) is 0 Å². The molecule has 6 nitrogen and oxygen atoms in total. The second-order valence-corrected chi connectivity index (χ2v) is 3.15. The highest BCUT2D eigenvalue weighted by molar-refractivity contribution is 6.01. The van der Waals surface area contributed by atoms with Crippen LogP contribution < -0.4 is 0 Å². The monoisotopic (exact) mass is 201 g/mol. The van der Waals surface area contributed by atoms with E-state index in [0.29, 0.717) is 0 Å². The molecule has 0 aliphatic carbocycles. The topological polar surface area (TPSA) is 94.9 Å². The Bertz CT molecular complexity index is 259. The number of carboxylic acid groups (broad SMARTS) is 1. The molecule has 0 saturated carbocycles. The van der Waals surface area contributed by atoms with E-state index in [1.807, 2.05) is 0 Å². The van der Waals surface area contributed by atoms with Crippen LogP contribution in [-0.4, -0.2) is 45.5 Å². The molecule has 1 atom stereocenters. The molecule has 1 rings (SSSR count). The van der Waals surface area contributed by atoms with Gasteiger partial charge in [-0.25, -0.2) is 0 Å². The Morgan fingerprint density at radius 2 is 1.86 bits per heavy atom. The summed E-state index contributed by atoms with van der Waals surface area (Å²) in [4.78, 5) is 33.2. The van der Waals surface area contributed by atoms with E-state index in [1.54, 1.807) is 0 Å². The first-order chi connectivity index (χ1) is 6.50. The summed E-state index contributed by atoms with van der Waals surface area (Å²) in [6.45, 7) is -0.218. The van der Waals surface area contributed by atoms with Crippen LogP contribution in [0.15, 0.2) is 0 Å². The van der Waals surface area contributed by atoms with Crippen molar-refractivity contribution in [2.45, 2.75) is 25.4 Å². The lowest BCUT2D eigenvalue weighted by molar-refractivity contribution is -0.144. The molecule has 0 aromatic carbocycles. The van der Waals surface area contributed by atoms with E-state index in [0.717, 1.165) is 4.90 Å². The molecule has 2 N–H and O–H groups in total. The number of aliphatic hydroxyl groups excluding tert-OH is 1. The van der Waals surface area contributed by atoms with Crippen LogP contribution in [-0.2, 0) is 14.4 Å². The summed E-state index contributed by atoms with van der Waals surface area (Å²) in [7, 11) is 0. The molecule has 1 heterocycles.